The van der Waals surface area contributed by atoms with Crippen molar-refractivity contribution in [3.8, 4) is 0 Å². The van der Waals surface area contributed by atoms with Gasteiger partial charge in [0, 0.05) is 4.83 Å². The number of allylic oxidation sites excluding steroid dienone is 1. The summed E-state index contributed by atoms with van der Waals surface area (Å²) in [4.78, 5) is 0.406. The summed E-state index contributed by atoms with van der Waals surface area (Å²) < 4.78 is 0. The summed E-state index contributed by atoms with van der Waals surface area (Å²) in [6, 6.07) is 6.32. The van der Waals surface area contributed by atoms with Crippen molar-refractivity contribution < 1.29 is 0 Å². The standard InChI is InChI=1S/C12H11Br/c1-3-9-5-4-6-10-7-11(13)8(2)12(9)10/h3-6,11H,1-2,7H2. The molecule has 2 rings (SSSR count). The lowest BCUT2D eigenvalue weighted by atomic mass is 10.0. The van der Waals surface area contributed by atoms with E-state index < -0.39 is 0 Å². The van der Waals surface area contributed by atoms with Crippen molar-refractivity contribution in [2.45, 2.75) is 11.2 Å². The minimum Gasteiger partial charge on any atom is -0.0984 e. The van der Waals surface area contributed by atoms with Gasteiger partial charge in [0.15, 0.2) is 0 Å². The fourth-order valence-corrected chi connectivity index (χ4v) is 2.40. The first-order valence-electron chi connectivity index (χ1n) is 4.31. The van der Waals surface area contributed by atoms with Crippen molar-refractivity contribution >= 4 is 27.6 Å². The summed E-state index contributed by atoms with van der Waals surface area (Å²) in [5.74, 6) is 0. The summed E-state index contributed by atoms with van der Waals surface area (Å²) in [6.45, 7) is 7.90. The largest absolute Gasteiger partial charge is 0.0984 e. The Balaban J connectivity index is 2.64. The van der Waals surface area contributed by atoms with Crippen LogP contribution in [-0.2, 0) is 6.42 Å². The maximum atomic E-state index is 4.09. The van der Waals surface area contributed by atoms with Crippen LogP contribution >= 0.6 is 15.9 Å². The minimum absolute atomic E-state index is 0.406. The molecule has 0 heterocycles. The molecule has 66 valence electrons. The Morgan fingerprint density at radius 3 is 2.92 bits per heavy atom. The van der Waals surface area contributed by atoms with Gasteiger partial charge in [0.05, 0.1) is 0 Å². The molecule has 0 radical (unpaired) electrons. The van der Waals surface area contributed by atoms with E-state index in [4.69, 9.17) is 0 Å². The maximum absolute atomic E-state index is 4.09. The van der Waals surface area contributed by atoms with Crippen LogP contribution in [0, 0.1) is 0 Å². The zero-order chi connectivity index (χ0) is 9.42. The third-order valence-corrected chi connectivity index (χ3v) is 3.38. The highest BCUT2D eigenvalue weighted by Gasteiger charge is 2.24. The number of hydrogen-bond donors (Lipinski definition) is 0. The molecule has 0 bridgehead atoms. The van der Waals surface area contributed by atoms with Crippen LogP contribution in [0.4, 0.5) is 0 Å². The van der Waals surface area contributed by atoms with Crippen LogP contribution in [0.1, 0.15) is 16.7 Å². The molecule has 1 aromatic rings. The summed E-state index contributed by atoms with van der Waals surface area (Å²) in [7, 11) is 0. The van der Waals surface area contributed by atoms with Gasteiger partial charge in [-0.2, -0.15) is 0 Å². The first-order chi connectivity index (χ1) is 6.24. The number of alkyl halides is 1. The SMILES string of the molecule is C=Cc1cccc2c1C(=C)C(Br)C2. The molecule has 0 amide bonds. The Morgan fingerprint density at radius 2 is 2.23 bits per heavy atom. The highest BCUT2D eigenvalue weighted by Crippen LogP contribution is 2.37. The highest BCUT2D eigenvalue weighted by molar-refractivity contribution is 9.09. The molecule has 0 fully saturated rings. The maximum Gasteiger partial charge on any atom is 0.0436 e. The van der Waals surface area contributed by atoms with E-state index >= 15 is 0 Å². The summed E-state index contributed by atoms with van der Waals surface area (Å²) in [5, 5.41) is 0. The van der Waals surface area contributed by atoms with E-state index in [0.29, 0.717) is 4.83 Å². The smallest absolute Gasteiger partial charge is 0.0436 e. The molecular weight excluding hydrogens is 224 g/mol. The van der Waals surface area contributed by atoms with Gasteiger partial charge >= 0.3 is 0 Å². The normalized spacial score (nSPS) is 20.1. The Bertz CT molecular complexity index is 377. The van der Waals surface area contributed by atoms with Crippen molar-refractivity contribution in [1.82, 2.24) is 0 Å². The lowest BCUT2D eigenvalue weighted by Gasteiger charge is -2.04. The highest BCUT2D eigenvalue weighted by atomic mass is 79.9. The van der Waals surface area contributed by atoms with Gasteiger partial charge < -0.3 is 0 Å². The Kier molecular flexibility index (Phi) is 2.12. The molecule has 0 saturated carbocycles. The molecule has 1 unspecified atom stereocenters. The molecule has 0 saturated heterocycles. The molecule has 0 spiro atoms. The zero-order valence-electron chi connectivity index (χ0n) is 7.39. The van der Waals surface area contributed by atoms with E-state index in [2.05, 4.69) is 47.3 Å². The van der Waals surface area contributed by atoms with Gasteiger partial charge in [0.25, 0.3) is 0 Å². The summed E-state index contributed by atoms with van der Waals surface area (Å²) in [5.41, 5.74) is 5.05. The second-order valence-electron chi connectivity index (χ2n) is 3.28. The molecule has 1 aliphatic carbocycles. The van der Waals surface area contributed by atoms with Crippen LogP contribution in [0.2, 0.25) is 0 Å². The fourth-order valence-electron chi connectivity index (χ4n) is 1.82. The second kappa shape index (κ2) is 3.15. The summed E-state index contributed by atoms with van der Waals surface area (Å²) in [6.07, 6.45) is 2.95. The van der Waals surface area contributed by atoms with Crippen LogP contribution < -0.4 is 0 Å². The number of halogens is 1. The van der Waals surface area contributed by atoms with Crippen molar-refractivity contribution in [2.75, 3.05) is 0 Å². The van der Waals surface area contributed by atoms with Gasteiger partial charge in [0.2, 0.25) is 0 Å². The second-order valence-corrected chi connectivity index (χ2v) is 4.39. The lowest BCUT2D eigenvalue weighted by Crippen LogP contribution is -1.91. The number of fused-ring (bicyclic) bond motifs is 1. The molecule has 0 N–H and O–H groups in total. The first-order valence-corrected chi connectivity index (χ1v) is 5.23. The van der Waals surface area contributed by atoms with E-state index in [0.717, 1.165) is 6.42 Å². The van der Waals surface area contributed by atoms with Crippen LogP contribution in [0.3, 0.4) is 0 Å². The predicted molar refractivity (Wildman–Crippen MR) is 62.0 cm³/mol. The first kappa shape index (κ1) is 8.76. The number of hydrogen-bond acceptors (Lipinski definition) is 0. The number of benzene rings is 1. The molecular formula is C12H11Br. The van der Waals surface area contributed by atoms with Crippen LogP contribution in [0.15, 0.2) is 31.4 Å². The average Bonchev–Trinajstić information content (AvgIpc) is 2.43. The van der Waals surface area contributed by atoms with Crippen LogP contribution in [0.5, 0.6) is 0 Å². The Labute approximate surface area is 87.1 Å². The molecule has 13 heavy (non-hydrogen) atoms. The molecule has 1 atom stereocenters. The minimum atomic E-state index is 0.406. The van der Waals surface area contributed by atoms with E-state index in [1.165, 1.54) is 22.3 Å². The van der Waals surface area contributed by atoms with Gasteiger partial charge in [-0.25, -0.2) is 0 Å². The van der Waals surface area contributed by atoms with E-state index in [1.807, 2.05) is 6.08 Å². The fraction of sp³-hybridized carbons (Fsp3) is 0.167. The van der Waals surface area contributed by atoms with Crippen molar-refractivity contribution in [2.24, 2.45) is 0 Å². The summed E-state index contributed by atoms with van der Waals surface area (Å²) >= 11 is 3.61. The Morgan fingerprint density at radius 1 is 1.46 bits per heavy atom. The topological polar surface area (TPSA) is 0 Å². The molecule has 1 aromatic carbocycles. The average molecular weight is 235 g/mol. The monoisotopic (exact) mass is 234 g/mol. The lowest BCUT2D eigenvalue weighted by molar-refractivity contribution is 1.12. The van der Waals surface area contributed by atoms with Crippen LogP contribution in [0.25, 0.3) is 11.6 Å². The molecule has 1 aliphatic rings. The predicted octanol–water partition coefficient (Wildman–Crippen LogP) is 3.66. The van der Waals surface area contributed by atoms with Gasteiger partial charge in [-0.3, -0.25) is 0 Å². The van der Waals surface area contributed by atoms with Crippen LogP contribution in [-0.4, -0.2) is 4.83 Å². The van der Waals surface area contributed by atoms with Crippen molar-refractivity contribution in [3.63, 3.8) is 0 Å². The van der Waals surface area contributed by atoms with Gasteiger partial charge in [-0.15, -0.1) is 0 Å². The molecule has 0 aromatic heterocycles. The third kappa shape index (κ3) is 1.28. The van der Waals surface area contributed by atoms with E-state index in [-0.39, 0.29) is 0 Å². The van der Waals surface area contributed by atoms with Gasteiger partial charge in [-0.05, 0) is 28.7 Å². The third-order valence-electron chi connectivity index (χ3n) is 2.50. The number of rotatable bonds is 1. The molecule has 0 aliphatic heterocycles. The van der Waals surface area contributed by atoms with Gasteiger partial charge in [0.1, 0.15) is 0 Å². The van der Waals surface area contributed by atoms with Crippen molar-refractivity contribution in [3.05, 3.63) is 48.0 Å². The van der Waals surface area contributed by atoms with Gasteiger partial charge in [-0.1, -0.05) is 53.4 Å². The quantitative estimate of drug-likeness (QED) is 0.651. The Hall–Kier alpha value is -0.820. The zero-order valence-corrected chi connectivity index (χ0v) is 8.97. The van der Waals surface area contributed by atoms with Crippen molar-refractivity contribution in [1.29, 1.82) is 0 Å². The van der Waals surface area contributed by atoms with E-state index in [9.17, 15) is 0 Å². The van der Waals surface area contributed by atoms with E-state index in [1.54, 1.807) is 0 Å². The molecule has 0 nitrogen and oxygen atoms in total. The molecule has 1 heteroatoms.